The maximum atomic E-state index is 11.6. The van der Waals surface area contributed by atoms with E-state index in [9.17, 15) is 14.9 Å². The standard InChI is InChI=1S/C14H13NO6/c16-14(11-4-2-1-3-5-11)20-9-8-19-10-12-6-7-13(21-12)15(17)18/h1-7H,8-10H2. The van der Waals surface area contributed by atoms with E-state index in [2.05, 4.69) is 0 Å². The molecule has 0 atom stereocenters. The minimum Gasteiger partial charge on any atom is -0.460 e. The van der Waals surface area contributed by atoms with Crippen LogP contribution in [0.2, 0.25) is 0 Å². The fraction of sp³-hybridized carbons (Fsp3) is 0.214. The van der Waals surface area contributed by atoms with Crippen LogP contribution in [0.25, 0.3) is 0 Å². The van der Waals surface area contributed by atoms with Crippen LogP contribution in [-0.2, 0) is 16.1 Å². The van der Waals surface area contributed by atoms with Gasteiger partial charge in [0.25, 0.3) is 0 Å². The Labute approximate surface area is 120 Å². The summed E-state index contributed by atoms with van der Waals surface area (Å²) in [5, 5.41) is 10.4. The van der Waals surface area contributed by atoms with E-state index in [-0.39, 0.29) is 25.7 Å². The van der Waals surface area contributed by atoms with Crippen molar-refractivity contribution in [2.24, 2.45) is 0 Å². The Kier molecular flexibility index (Phi) is 5.05. The minimum absolute atomic E-state index is 0.0801. The van der Waals surface area contributed by atoms with Gasteiger partial charge in [-0.25, -0.2) is 4.79 Å². The first-order chi connectivity index (χ1) is 10.2. The van der Waals surface area contributed by atoms with Gasteiger partial charge in [-0.05, 0) is 18.2 Å². The summed E-state index contributed by atoms with van der Waals surface area (Å²) in [5.41, 5.74) is 0.471. The van der Waals surface area contributed by atoms with Crippen molar-refractivity contribution in [3.63, 3.8) is 0 Å². The largest absolute Gasteiger partial charge is 0.460 e. The van der Waals surface area contributed by atoms with Gasteiger partial charge in [-0.2, -0.15) is 0 Å². The summed E-state index contributed by atoms with van der Waals surface area (Å²) in [6, 6.07) is 11.3. The Morgan fingerprint density at radius 1 is 1.14 bits per heavy atom. The lowest BCUT2D eigenvalue weighted by Gasteiger charge is -2.05. The summed E-state index contributed by atoms with van der Waals surface area (Å²) in [5.74, 6) is -0.409. The molecule has 0 unspecified atom stereocenters. The van der Waals surface area contributed by atoms with Crippen molar-refractivity contribution in [2.75, 3.05) is 13.2 Å². The molecule has 0 N–H and O–H groups in total. The molecule has 0 saturated carbocycles. The third-order valence-corrected chi connectivity index (χ3v) is 2.54. The molecule has 0 fully saturated rings. The van der Waals surface area contributed by atoms with Crippen LogP contribution >= 0.6 is 0 Å². The van der Waals surface area contributed by atoms with Crippen molar-refractivity contribution in [3.8, 4) is 0 Å². The van der Waals surface area contributed by atoms with Crippen LogP contribution in [0, 0.1) is 10.1 Å². The Morgan fingerprint density at radius 3 is 2.57 bits per heavy atom. The fourth-order valence-electron chi connectivity index (χ4n) is 1.57. The van der Waals surface area contributed by atoms with Gasteiger partial charge >= 0.3 is 11.9 Å². The average Bonchev–Trinajstić information content (AvgIpc) is 2.97. The second-order valence-corrected chi connectivity index (χ2v) is 4.05. The van der Waals surface area contributed by atoms with Crippen molar-refractivity contribution in [3.05, 3.63) is 63.9 Å². The lowest BCUT2D eigenvalue weighted by molar-refractivity contribution is -0.402. The van der Waals surface area contributed by atoms with E-state index >= 15 is 0 Å². The molecule has 0 saturated heterocycles. The zero-order chi connectivity index (χ0) is 15.1. The number of carbonyl (C=O) groups is 1. The molecule has 1 aromatic heterocycles. The van der Waals surface area contributed by atoms with Gasteiger partial charge in [-0.1, -0.05) is 18.2 Å². The molecular formula is C14H13NO6. The molecule has 2 aromatic rings. The first-order valence-corrected chi connectivity index (χ1v) is 6.20. The molecule has 0 aliphatic heterocycles. The lowest BCUT2D eigenvalue weighted by Crippen LogP contribution is -2.10. The van der Waals surface area contributed by atoms with Crippen LogP contribution in [0.1, 0.15) is 16.1 Å². The highest BCUT2D eigenvalue weighted by molar-refractivity contribution is 5.89. The number of furan rings is 1. The minimum atomic E-state index is -0.620. The van der Waals surface area contributed by atoms with Crippen molar-refractivity contribution in [2.45, 2.75) is 6.61 Å². The van der Waals surface area contributed by atoms with Crippen molar-refractivity contribution >= 4 is 11.9 Å². The van der Waals surface area contributed by atoms with Gasteiger partial charge < -0.3 is 13.9 Å². The summed E-state index contributed by atoms with van der Waals surface area (Å²) in [6.45, 7) is 0.348. The number of hydrogen-bond acceptors (Lipinski definition) is 6. The van der Waals surface area contributed by atoms with E-state index in [1.54, 1.807) is 24.3 Å². The normalized spacial score (nSPS) is 10.3. The first kappa shape index (κ1) is 14.7. The first-order valence-electron chi connectivity index (χ1n) is 6.20. The van der Waals surface area contributed by atoms with Crippen LogP contribution in [-0.4, -0.2) is 24.1 Å². The molecule has 110 valence electrons. The molecule has 0 aliphatic carbocycles. The zero-order valence-corrected chi connectivity index (χ0v) is 11.1. The summed E-state index contributed by atoms with van der Waals surface area (Å²) < 4.78 is 15.1. The number of ether oxygens (including phenoxy) is 2. The molecule has 7 heteroatoms. The Balaban J connectivity index is 1.66. The summed E-state index contributed by atoms with van der Waals surface area (Å²) in [7, 11) is 0. The summed E-state index contributed by atoms with van der Waals surface area (Å²) >= 11 is 0. The SMILES string of the molecule is O=C(OCCOCc1ccc([N+](=O)[O-])o1)c1ccccc1. The zero-order valence-electron chi connectivity index (χ0n) is 11.1. The smallest absolute Gasteiger partial charge is 0.433 e. The van der Waals surface area contributed by atoms with E-state index in [0.717, 1.165) is 0 Å². The molecule has 1 heterocycles. The maximum Gasteiger partial charge on any atom is 0.433 e. The average molecular weight is 291 g/mol. The van der Waals surface area contributed by atoms with Crippen LogP contribution in [0.5, 0.6) is 0 Å². The van der Waals surface area contributed by atoms with Crippen molar-refractivity contribution in [1.82, 2.24) is 0 Å². The third kappa shape index (κ3) is 4.43. The predicted octanol–water partition coefficient (Wildman–Crippen LogP) is 2.56. The number of carbonyl (C=O) groups excluding carboxylic acids is 1. The summed E-state index contributed by atoms with van der Waals surface area (Å²) in [4.78, 5) is 21.4. The van der Waals surface area contributed by atoms with Gasteiger partial charge in [0.05, 0.1) is 18.2 Å². The third-order valence-electron chi connectivity index (χ3n) is 2.54. The number of hydrogen-bond donors (Lipinski definition) is 0. The van der Waals surface area contributed by atoms with Crippen molar-refractivity contribution in [1.29, 1.82) is 0 Å². The predicted molar refractivity (Wildman–Crippen MR) is 71.7 cm³/mol. The Morgan fingerprint density at radius 2 is 1.90 bits per heavy atom. The number of nitro groups is 1. The Bertz CT molecular complexity index is 607. The van der Waals surface area contributed by atoms with E-state index in [0.29, 0.717) is 11.3 Å². The van der Waals surface area contributed by atoms with Crippen LogP contribution in [0.4, 0.5) is 5.88 Å². The highest BCUT2D eigenvalue weighted by Crippen LogP contribution is 2.16. The number of esters is 1. The lowest BCUT2D eigenvalue weighted by atomic mass is 10.2. The highest BCUT2D eigenvalue weighted by atomic mass is 16.6. The number of rotatable bonds is 7. The van der Waals surface area contributed by atoms with Gasteiger partial charge in [-0.3, -0.25) is 10.1 Å². The second-order valence-electron chi connectivity index (χ2n) is 4.05. The van der Waals surface area contributed by atoms with Crippen molar-refractivity contribution < 1.29 is 23.6 Å². The highest BCUT2D eigenvalue weighted by Gasteiger charge is 2.11. The molecule has 0 radical (unpaired) electrons. The van der Waals surface area contributed by atoms with Crippen LogP contribution in [0.3, 0.4) is 0 Å². The quantitative estimate of drug-likeness (QED) is 0.337. The number of nitrogens with zero attached hydrogens (tertiary/aromatic N) is 1. The molecule has 0 spiro atoms. The van der Waals surface area contributed by atoms with E-state index < -0.39 is 10.9 Å². The maximum absolute atomic E-state index is 11.6. The molecule has 0 bridgehead atoms. The monoisotopic (exact) mass is 291 g/mol. The van der Waals surface area contributed by atoms with Gasteiger partial charge in [0, 0.05) is 0 Å². The van der Waals surface area contributed by atoms with E-state index in [4.69, 9.17) is 13.9 Å². The molecule has 0 amide bonds. The Hall–Kier alpha value is -2.67. The molecule has 2 rings (SSSR count). The number of benzene rings is 1. The van der Waals surface area contributed by atoms with Gasteiger partial charge in [0.2, 0.25) is 0 Å². The van der Waals surface area contributed by atoms with Gasteiger partial charge in [0.15, 0.2) is 0 Å². The molecule has 7 nitrogen and oxygen atoms in total. The van der Waals surface area contributed by atoms with Crippen LogP contribution < -0.4 is 0 Å². The van der Waals surface area contributed by atoms with E-state index in [1.165, 1.54) is 12.1 Å². The molecular weight excluding hydrogens is 278 g/mol. The molecule has 0 aliphatic rings. The second kappa shape index (κ2) is 7.20. The van der Waals surface area contributed by atoms with Gasteiger partial charge in [0.1, 0.15) is 23.9 Å². The molecule has 21 heavy (non-hydrogen) atoms. The summed E-state index contributed by atoms with van der Waals surface area (Å²) in [6.07, 6.45) is 0. The van der Waals surface area contributed by atoms with Crippen LogP contribution in [0.15, 0.2) is 46.9 Å². The molecule has 1 aromatic carbocycles. The van der Waals surface area contributed by atoms with Gasteiger partial charge in [-0.15, -0.1) is 0 Å². The topological polar surface area (TPSA) is 91.8 Å². The van der Waals surface area contributed by atoms with E-state index in [1.807, 2.05) is 6.07 Å². The fourth-order valence-corrected chi connectivity index (χ4v) is 1.57.